The minimum atomic E-state index is -4.46. The summed E-state index contributed by atoms with van der Waals surface area (Å²) < 4.78 is 44.7. The third kappa shape index (κ3) is 5.61. The predicted molar refractivity (Wildman–Crippen MR) is 136 cm³/mol. The normalized spacial score (nSPS) is 12.7. The van der Waals surface area contributed by atoms with Gasteiger partial charge in [-0.05, 0) is 35.4 Å². The molecule has 1 heterocycles. The first-order chi connectivity index (χ1) is 18.0. The Balaban J connectivity index is 1.66. The number of rotatable bonds is 8. The number of ether oxygens (including phenoxy) is 1. The molecule has 0 saturated heterocycles. The summed E-state index contributed by atoms with van der Waals surface area (Å²) in [6.45, 7) is 3.32. The third-order valence-electron chi connectivity index (χ3n) is 6.40. The van der Waals surface area contributed by atoms with Gasteiger partial charge in [-0.3, -0.25) is 9.78 Å². The van der Waals surface area contributed by atoms with E-state index in [1.54, 1.807) is 56.3 Å². The van der Waals surface area contributed by atoms with Crippen molar-refractivity contribution in [1.29, 1.82) is 0 Å². The number of aromatic nitrogens is 1. The number of nitrogens with one attached hydrogen (secondary N) is 1. The molecule has 38 heavy (non-hydrogen) atoms. The van der Waals surface area contributed by atoms with E-state index in [1.807, 2.05) is 6.07 Å². The monoisotopic (exact) mass is 522 g/mol. The zero-order valence-corrected chi connectivity index (χ0v) is 20.6. The van der Waals surface area contributed by atoms with Crippen molar-refractivity contribution in [3.8, 4) is 5.75 Å². The minimum Gasteiger partial charge on any atom is -0.486 e. The number of amides is 1. The maximum atomic E-state index is 13.5. The van der Waals surface area contributed by atoms with Crippen LogP contribution in [0.4, 0.5) is 13.2 Å². The highest BCUT2D eigenvalue weighted by atomic mass is 19.4. The number of carbonyl (C=O) groups excluding carboxylic acids is 1. The van der Waals surface area contributed by atoms with Crippen molar-refractivity contribution in [2.24, 2.45) is 0 Å². The van der Waals surface area contributed by atoms with Gasteiger partial charge >= 0.3 is 12.1 Å². The van der Waals surface area contributed by atoms with Gasteiger partial charge < -0.3 is 15.2 Å². The number of hydrogen-bond donors (Lipinski definition) is 2. The first kappa shape index (κ1) is 26.7. The second kappa shape index (κ2) is 10.5. The molecule has 0 unspecified atom stereocenters. The fourth-order valence-corrected chi connectivity index (χ4v) is 4.18. The highest BCUT2D eigenvalue weighted by Crippen LogP contribution is 2.32. The van der Waals surface area contributed by atoms with Crippen molar-refractivity contribution >= 4 is 22.8 Å². The standard InChI is InChI=1S/C29H25F3N2O4/c1-28(2,20-8-4-3-5-9-20)25(27(36)37)34-26(35)22-15-12-19-7-6-16-33-23(19)24(22)38-17-18-10-13-21(14-11-18)29(30,31)32/h3-16,25H,17H2,1-2H3,(H,34,35)(H,36,37)/t25-/m1/s1. The molecular weight excluding hydrogens is 497 g/mol. The van der Waals surface area contributed by atoms with Gasteiger partial charge in [-0.1, -0.05) is 68.4 Å². The van der Waals surface area contributed by atoms with Crippen LogP contribution in [-0.4, -0.2) is 28.0 Å². The SMILES string of the molecule is CC(C)(c1ccccc1)[C@H](NC(=O)c1ccc2cccnc2c1OCc1ccc(C(F)(F)F)cc1)C(=O)O. The van der Waals surface area contributed by atoms with Gasteiger partial charge in [0.15, 0.2) is 5.75 Å². The van der Waals surface area contributed by atoms with E-state index in [0.29, 0.717) is 16.5 Å². The van der Waals surface area contributed by atoms with Gasteiger partial charge in [0.2, 0.25) is 0 Å². The molecule has 1 atom stereocenters. The van der Waals surface area contributed by atoms with Gasteiger partial charge in [0.1, 0.15) is 18.2 Å². The summed E-state index contributed by atoms with van der Waals surface area (Å²) >= 11 is 0. The Hall–Kier alpha value is -4.40. The van der Waals surface area contributed by atoms with Gasteiger partial charge in [0.25, 0.3) is 5.91 Å². The van der Waals surface area contributed by atoms with E-state index in [9.17, 15) is 27.9 Å². The van der Waals surface area contributed by atoms with Crippen LogP contribution in [0.2, 0.25) is 0 Å². The van der Waals surface area contributed by atoms with Crippen LogP contribution in [-0.2, 0) is 23.0 Å². The number of fused-ring (bicyclic) bond motifs is 1. The summed E-state index contributed by atoms with van der Waals surface area (Å²) in [5, 5.41) is 13.3. The van der Waals surface area contributed by atoms with Crippen LogP contribution < -0.4 is 10.1 Å². The van der Waals surface area contributed by atoms with Crippen LogP contribution in [0.25, 0.3) is 10.9 Å². The second-order valence-electron chi connectivity index (χ2n) is 9.33. The van der Waals surface area contributed by atoms with E-state index in [0.717, 1.165) is 17.7 Å². The van der Waals surface area contributed by atoms with Crippen molar-refractivity contribution in [3.05, 3.63) is 107 Å². The summed E-state index contributed by atoms with van der Waals surface area (Å²) in [6, 6.07) is 18.9. The molecule has 9 heteroatoms. The lowest BCUT2D eigenvalue weighted by Crippen LogP contribution is -2.52. The van der Waals surface area contributed by atoms with Crippen LogP contribution in [0.3, 0.4) is 0 Å². The molecule has 0 aliphatic heterocycles. The largest absolute Gasteiger partial charge is 0.486 e. The van der Waals surface area contributed by atoms with Crippen molar-refractivity contribution < 1.29 is 32.6 Å². The van der Waals surface area contributed by atoms with Gasteiger partial charge in [-0.25, -0.2) is 4.79 Å². The van der Waals surface area contributed by atoms with Crippen LogP contribution in [0.1, 0.15) is 40.9 Å². The van der Waals surface area contributed by atoms with Gasteiger partial charge in [-0.2, -0.15) is 13.2 Å². The zero-order valence-electron chi connectivity index (χ0n) is 20.6. The molecule has 0 fully saturated rings. The van der Waals surface area contributed by atoms with Crippen LogP contribution in [0.5, 0.6) is 5.75 Å². The lowest BCUT2D eigenvalue weighted by atomic mass is 9.77. The third-order valence-corrected chi connectivity index (χ3v) is 6.40. The summed E-state index contributed by atoms with van der Waals surface area (Å²) in [5.74, 6) is -1.79. The van der Waals surface area contributed by atoms with Crippen molar-refractivity contribution in [1.82, 2.24) is 10.3 Å². The van der Waals surface area contributed by atoms with E-state index in [1.165, 1.54) is 24.4 Å². The molecule has 3 aromatic carbocycles. The number of halogens is 3. The average Bonchev–Trinajstić information content (AvgIpc) is 2.90. The fraction of sp³-hybridized carbons (Fsp3) is 0.207. The number of carboxylic acid groups (broad SMARTS) is 1. The molecule has 1 aromatic heterocycles. The molecule has 196 valence electrons. The molecule has 4 rings (SSSR count). The molecule has 4 aromatic rings. The maximum Gasteiger partial charge on any atom is 0.416 e. The summed E-state index contributed by atoms with van der Waals surface area (Å²) in [4.78, 5) is 30.0. The summed E-state index contributed by atoms with van der Waals surface area (Å²) in [7, 11) is 0. The molecule has 1 amide bonds. The Morgan fingerprint density at radius 1 is 0.921 bits per heavy atom. The Morgan fingerprint density at radius 3 is 2.24 bits per heavy atom. The Bertz CT molecular complexity index is 1450. The summed E-state index contributed by atoms with van der Waals surface area (Å²) in [5.41, 5.74) is -0.148. The Kier molecular flexibility index (Phi) is 7.39. The number of benzene rings is 3. The molecule has 0 bridgehead atoms. The van der Waals surface area contributed by atoms with Crippen LogP contribution >= 0.6 is 0 Å². The number of pyridine rings is 1. The highest BCUT2D eigenvalue weighted by Gasteiger charge is 2.38. The average molecular weight is 523 g/mol. The fourth-order valence-electron chi connectivity index (χ4n) is 4.18. The van der Waals surface area contributed by atoms with E-state index in [2.05, 4.69) is 10.3 Å². The van der Waals surface area contributed by atoms with E-state index >= 15 is 0 Å². The number of carbonyl (C=O) groups is 2. The molecular formula is C29H25F3N2O4. The molecule has 6 nitrogen and oxygen atoms in total. The zero-order chi connectivity index (χ0) is 27.5. The molecule has 0 aliphatic rings. The smallest absolute Gasteiger partial charge is 0.416 e. The number of alkyl halides is 3. The Morgan fingerprint density at radius 2 is 1.61 bits per heavy atom. The Labute approximate surface area is 217 Å². The van der Waals surface area contributed by atoms with E-state index in [-0.39, 0.29) is 17.9 Å². The molecule has 2 N–H and O–H groups in total. The van der Waals surface area contributed by atoms with E-state index in [4.69, 9.17) is 4.74 Å². The van der Waals surface area contributed by atoms with E-state index < -0.39 is 35.1 Å². The number of hydrogen-bond acceptors (Lipinski definition) is 4. The molecule has 0 saturated carbocycles. The van der Waals surface area contributed by atoms with Crippen molar-refractivity contribution in [2.45, 2.75) is 38.1 Å². The van der Waals surface area contributed by atoms with Gasteiger partial charge in [0.05, 0.1) is 11.1 Å². The molecule has 0 radical (unpaired) electrons. The minimum absolute atomic E-state index is 0.0539. The second-order valence-corrected chi connectivity index (χ2v) is 9.33. The summed E-state index contributed by atoms with van der Waals surface area (Å²) in [6.07, 6.45) is -2.94. The van der Waals surface area contributed by atoms with Crippen molar-refractivity contribution in [2.75, 3.05) is 0 Å². The first-order valence-electron chi connectivity index (χ1n) is 11.7. The lowest BCUT2D eigenvalue weighted by Gasteiger charge is -2.32. The van der Waals surface area contributed by atoms with Crippen LogP contribution in [0, 0.1) is 0 Å². The van der Waals surface area contributed by atoms with Gasteiger partial charge in [-0.15, -0.1) is 0 Å². The van der Waals surface area contributed by atoms with Gasteiger partial charge in [0, 0.05) is 17.0 Å². The predicted octanol–water partition coefficient (Wildman–Crippen LogP) is 5.99. The van der Waals surface area contributed by atoms with Crippen molar-refractivity contribution in [3.63, 3.8) is 0 Å². The quantitative estimate of drug-likeness (QED) is 0.297. The number of carboxylic acids is 1. The number of aliphatic carboxylic acids is 1. The molecule has 0 aliphatic carbocycles. The highest BCUT2D eigenvalue weighted by molar-refractivity contribution is 6.04. The molecule has 0 spiro atoms. The lowest BCUT2D eigenvalue weighted by molar-refractivity contribution is -0.141. The topological polar surface area (TPSA) is 88.5 Å². The maximum absolute atomic E-state index is 13.5. The van der Waals surface area contributed by atoms with Crippen LogP contribution in [0.15, 0.2) is 85.1 Å². The number of nitrogens with zero attached hydrogens (tertiary/aromatic N) is 1. The first-order valence-corrected chi connectivity index (χ1v) is 11.7.